The third-order valence-corrected chi connectivity index (χ3v) is 5.70. The Morgan fingerprint density at radius 1 is 1.17 bits per heavy atom. The van der Waals surface area contributed by atoms with Gasteiger partial charge in [0.1, 0.15) is 10.6 Å². The van der Waals surface area contributed by atoms with Crippen LogP contribution in [0.2, 0.25) is 0 Å². The van der Waals surface area contributed by atoms with Crippen molar-refractivity contribution in [1.29, 1.82) is 0 Å². The Morgan fingerprint density at radius 2 is 1.96 bits per heavy atom. The van der Waals surface area contributed by atoms with E-state index in [0.717, 1.165) is 30.6 Å². The fourth-order valence-electron chi connectivity index (χ4n) is 3.03. The monoisotopic (exact) mass is 346 g/mol. The first-order valence-corrected chi connectivity index (χ1v) is 9.40. The Labute approximate surface area is 143 Å². The molecule has 0 unspecified atom stereocenters. The van der Waals surface area contributed by atoms with Crippen LogP contribution in [0, 0.1) is 6.92 Å². The number of rotatable bonds is 4. The van der Waals surface area contributed by atoms with E-state index in [1.165, 1.54) is 12.7 Å². The lowest BCUT2D eigenvalue weighted by Gasteiger charge is -2.28. The van der Waals surface area contributed by atoms with E-state index in [9.17, 15) is 8.42 Å². The molecule has 2 aromatic carbocycles. The molecule has 6 heteroatoms. The molecule has 1 aliphatic heterocycles. The Hall–Kier alpha value is -2.21. The summed E-state index contributed by atoms with van der Waals surface area (Å²) in [6.45, 7) is 2.83. The van der Waals surface area contributed by atoms with E-state index in [2.05, 4.69) is 9.62 Å². The molecule has 0 aromatic heterocycles. The van der Waals surface area contributed by atoms with Gasteiger partial charge in [0.25, 0.3) is 10.0 Å². The lowest BCUT2D eigenvalue weighted by molar-refractivity contribution is 0.402. The van der Waals surface area contributed by atoms with Crippen molar-refractivity contribution >= 4 is 21.4 Å². The molecule has 1 heterocycles. The molecule has 0 amide bonds. The minimum absolute atomic E-state index is 0.149. The summed E-state index contributed by atoms with van der Waals surface area (Å²) in [7, 11) is -0.219. The van der Waals surface area contributed by atoms with Gasteiger partial charge in [-0.25, -0.2) is 8.42 Å². The van der Waals surface area contributed by atoms with Crippen LogP contribution < -0.4 is 14.4 Å². The summed E-state index contributed by atoms with van der Waals surface area (Å²) in [5.41, 5.74) is 3.75. The second-order valence-electron chi connectivity index (χ2n) is 6.13. The number of ether oxygens (including phenoxy) is 1. The lowest BCUT2D eigenvalue weighted by Crippen LogP contribution is -2.25. The van der Waals surface area contributed by atoms with Crippen molar-refractivity contribution in [3.05, 3.63) is 47.5 Å². The molecule has 2 aromatic rings. The van der Waals surface area contributed by atoms with Crippen LogP contribution in [0.5, 0.6) is 5.75 Å². The highest BCUT2D eigenvalue weighted by atomic mass is 32.2. The number of hydrogen-bond acceptors (Lipinski definition) is 4. The number of anilines is 2. The molecule has 0 spiro atoms. The number of benzene rings is 2. The van der Waals surface area contributed by atoms with Gasteiger partial charge in [-0.05, 0) is 55.2 Å². The average Bonchev–Trinajstić information content (AvgIpc) is 2.55. The van der Waals surface area contributed by atoms with Gasteiger partial charge >= 0.3 is 0 Å². The SMILES string of the molecule is COc1ccc(C)cc1S(=O)(=O)Nc1ccc2c(c1)N(C)CCC2. The van der Waals surface area contributed by atoms with E-state index in [1.807, 2.05) is 38.2 Å². The zero-order chi connectivity index (χ0) is 17.3. The van der Waals surface area contributed by atoms with Gasteiger partial charge in [0, 0.05) is 19.3 Å². The summed E-state index contributed by atoms with van der Waals surface area (Å²) in [5, 5.41) is 0. The third kappa shape index (κ3) is 3.19. The van der Waals surface area contributed by atoms with Crippen LogP contribution in [0.4, 0.5) is 11.4 Å². The fourth-order valence-corrected chi connectivity index (χ4v) is 4.33. The number of sulfonamides is 1. The molecule has 128 valence electrons. The van der Waals surface area contributed by atoms with E-state index in [4.69, 9.17) is 4.74 Å². The first kappa shape index (κ1) is 16.6. The molecule has 5 nitrogen and oxygen atoms in total. The van der Waals surface area contributed by atoms with Crippen molar-refractivity contribution in [2.75, 3.05) is 30.3 Å². The molecule has 0 aliphatic carbocycles. The second-order valence-corrected chi connectivity index (χ2v) is 7.78. The van der Waals surface area contributed by atoms with Crippen molar-refractivity contribution in [3.63, 3.8) is 0 Å². The number of nitrogens with one attached hydrogen (secondary N) is 1. The van der Waals surface area contributed by atoms with Crippen molar-refractivity contribution < 1.29 is 13.2 Å². The van der Waals surface area contributed by atoms with Gasteiger partial charge < -0.3 is 9.64 Å². The number of nitrogens with zero attached hydrogens (tertiary/aromatic N) is 1. The van der Waals surface area contributed by atoms with Crippen LogP contribution in [0.3, 0.4) is 0 Å². The molecule has 0 saturated heterocycles. The van der Waals surface area contributed by atoms with Gasteiger partial charge in [0.05, 0.1) is 12.8 Å². The van der Waals surface area contributed by atoms with Gasteiger partial charge in [-0.1, -0.05) is 12.1 Å². The maximum absolute atomic E-state index is 12.8. The highest BCUT2D eigenvalue weighted by molar-refractivity contribution is 7.92. The van der Waals surface area contributed by atoms with Crippen LogP contribution in [0.25, 0.3) is 0 Å². The molecule has 0 bridgehead atoms. The molecule has 0 fully saturated rings. The van der Waals surface area contributed by atoms with Crippen LogP contribution in [-0.2, 0) is 16.4 Å². The Bertz CT molecular complexity index is 863. The van der Waals surface area contributed by atoms with E-state index >= 15 is 0 Å². The Balaban J connectivity index is 1.96. The fraction of sp³-hybridized carbons (Fsp3) is 0.333. The van der Waals surface area contributed by atoms with Gasteiger partial charge in [0.15, 0.2) is 0 Å². The predicted octanol–water partition coefficient (Wildman–Crippen LogP) is 3.19. The van der Waals surface area contributed by atoms with Gasteiger partial charge in [-0.2, -0.15) is 0 Å². The summed E-state index contributed by atoms with van der Waals surface area (Å²) < 4.78 is 33.4. The molecule has 0 radical (unpaired) electrons. The highest BCUT2D eigenvalue weighted by Crippen LogP contribution is 2.31. The Morgan fingerprint density at radius 3 is 2.71 bits per heavy atom. The van der Waals surface area contributed by atoms with Crippen LogP contribution >= 0.6 is 0 Å². The van der Waals surface area contributed by atoms with Crippen LogP contribution in [0.1, 0.15) is 17.5 Å². The van der Waals surface area contributed by atoms with Crippen LogP contribution in [-0.4, -0.2) is 29.1 Å². The minimum Gasteiger partial charge on any atom is -0.495 e. The number of fused-ring (bicyclic) bond motifs is 1. The second kappa shape index (κ2) is 6.36. The first-order chi connectivity index (χ1) is 11.4. The normalized spacial score (nSPS) is 14.2. The molecule has 3 rings (SSSR count). The minimum atomic E-state index is -3.72. The van der Waals surface area contributed by atoms with Crippen LogP contribution in [0.15, 0.2) is 41.3 Å². The Kier molecular flexibility index (Phi) is 4.41. The van der Waals surface area contributed by atoms with E-state index in [-0.39, 0.29) is 4.90 Å². The quantitative estimate of drug-likeness (QED) is 0.924. The topological polar surface area (TPSA) is 58.6 Å². The lowest BCUT2D eigenvalue weighted by atomic mass is 10.0. The molecule has 24 heavy (non-hydrogen) atoms. The van der Waals surface area contributed by atoms with Crippen molar-refractivity contribution in [2.24, 2.45) is 0 Å². The van der Waals surface area contributed by atoms with Crippen molar-refractivity contribution in [3.8, 4) is 5.75 Å². The summed E-state index contributed by atoms with van der Waals surface area (Å²) in [6, 6.07) is 10.8. The van der Waals surface area contributed by atoms with Crippen molar-refractivity contribution in [2.45, 2.75) is 24.7 Å². The molecule has 1 N–H and O–H groups in total. The van der Waals surface area contributed by atoms with E-state index < -0.39 is 10.0 Å². The third-order valence-electron chi connectivity index (χ3n) is 4.30. The standard InChI is InChI=1S/C18H22N2O3S/c1-13-6-9-17(23-3)18(11-13)24(21,22)19-15-8-7-14-5-4-10-20(2)16(14)12-15/h6-9,11-12,19H,4-5,10H2,1-3H3. The number of methoxy groups -OCH3 is 1. The van der Waals surface area contributed by atoms with E-state index in [1.54, 1.807) is 12.1 Å². The number of aryl methyl sites for hydroxylation is 2. The largest absolute Gasteiger partial charge is 0.495 e. The summed E-state index contributed by atoms with van der Waals surface area (Å²) in [4.78, 5) is 2.31. The summed E-state index contributed by atoms with van der Waals surface area (Å²) >= 11 is 0. The maximum atomic E-state index is 12.8. The summed E-state index contributed by atoms with van der Waals surface area (Å²) in [6.07, 6.45) is 2.15. The highest BCUT2D eigenvalue weighted by Gasteiger charge is 2.21. The maximum Gasteiger partial charge on any atom is 0.265 e. The molecule has 1 aliphatic rings. The molecular weight excluding hydrogens is 324 g/mol. The number of hydrogen-bond donors (Lipinski definition) is 1. The smallest absolute Gasteiger partial charge is 0.265 e. The van der Waals surface area contributed by atoms with E-state index in [0.29, 0.717) is 11.4 Å². The molecule has 0 saturated carbocycles. The zero-order valence-corrected chi connectivity index (χ0v) is 15.0. The predicted molar refractivity (Wildman–Crippen MR) is 96.6 cm³/mol. The van der Waals surface area contributed by atoms with Gasteiger partial charge in [-0.3, -0.25) is 4.72 Å². The first-order valence-electron chi connectivity index (χ1n) is 7.92. The molecule has 0 atom stereocenters. The molecular formula is C18H22N2O3S. The van der Waals surface area contributed by atoms with Crippen molar-refractivity contribution in [1.82, 2.24) is 0 Å². The average molecular weight is 346 g/mol. The van der Waals surface area contributed by atoms with Gasteiger partial charge in [-0.15, -0.1) is 0 Å². The zero-order valence-electron chi connectivity index (χ0n) is 14.2. The summed E-state index contributed by atoms with van der Waals surface area (Å²) in [5.74, 6) is 0.336. The van der Waals surface area contributed by atoms with Gasteiger partial charge in [0.2, 0.25) is 0 Å².